The molecule has 0 bridgehead atoms. The zero-order valence-corrected chi connectivity index (χ0v) is 11.4. The van der Waals surface area contributed by atoms with Crippen molar-refractivity contribution in [1.29, 1.82) is 0 Å². The summed E-state index contributed by atoms with van der Waals surface area (Å²) in [5, 5.41) is 0. The number of imidazole rings is 1. The van der Waals surface area contributed by atoms with Crippen molar-refractivity contribution in [3.63, 3.8) is 0 Å². The quantitative estimate of drug-likeness (QED) is 0.687. The number of nitrogens with zero attached hydrogens (tertiary/aromatic N) is 2. The Morgan fingerprint density at radius 2 is 2.11 bits per heavy atom. The molecule has 3 rings (SSSR count). The molecule has 2 aromatic heterocycles. The zero-order valence-electron chi connectivity index (χ0n) is 9.02. The molecule has 0 spiro atoms. The molecule has 1 N–H and O–H groups in total. The number of benzene rings is 1. The highest BCUT2D eigenvalue weighted by Crippen LogP contribution is 2.22. The Morgan fingerprint density at radius 3 is 2.89 bits per heavy atom. The first kappa shape index (κ1) is 11.6. The minimum absolute atomic E-state index is 0.334. The minimum Gasteiger partial charge on any atom is -0.329 e. The van der Waals surface area contributed by atoms with Gasteiger partial charge in [-0.15, -0.1) is 0 Å². The van der Waals surface area contributed by atoms with Crippen molar-refractivity contribution in [3.8, 4) is 5.69 Å². The lowest BCUT2D eigenvalue weighted by Gasteiger charge is -2.04. The van der Waals surface area contributed by atoms with Crippen LogP contribution < -0.4 is 0 Å². The van der Waals surface area contributed by atoms with E-state index in [4.69, 9.17) is 12.2 Å². The summed E-state index contributed by atoms with van der Waals surface area (Å²) >= 11 is 8.56. The van der Waals surface area contributed by atoms with Crippen LogP contribution in [0.1, 0.15) is 0 Å². The second-order valence-corrected chi connectivity index (χ2v) is 5.04. The predicted molar refractivity (Wildman–Crippen MR) is 73.9 cm³/mol. The number of aromatic nitrogens is 3. The molecule has 0 aliphatic heterocycles. The lowest BCUT2D eigenvalue weighted by molar-refractivity contribution is 0.618. The number of hydrogen-bond acceptors (Lipinski definition) is 2. The summed E-state index contributed by atoms with van der Waals surface area (Å²) in [5.41, 5.74) is 1.76. The van der Waals surface area contributed by atoms with Gasteiger partial charge in [-0.05, 0) is 46.3 Å². The molecule has 0 unspecified atom stereocenters. The van der Waals surface area contributed by atoms with Gasteiger partial charge < -0.3 is 4.98 Å². The van der Waals surface area contributed by atoms with Crippen LogP contribution in [0.5, 0.6) is 0 Å². The Balaban J connectivity index is 2.40. The normalized spacial score (nSPS) is 11.0. The SMILES string of the molecule is Fc1ccccc1-n1c(=S)[nH]c2cc(Br)cnc21. The standard InChI is InChI=1S/C12H7BrFN3S/c13-7-5-9-11(15-6-7)17(12(18)16-9)10-4-2-1-3-8(10)14/h1-6H,(H,16,18). The molecule has 0 aliphatic carbocycles. The molecule has 0 aliphatic rings. The lowest BCUT2D eigenvalue weighted by atomic mass is 10.3. The van der Waals surface area contributed by atoms with Crippen LogP contribution in [0.4, 0.5) is 4.39 Å². The zero-order chi connectivity index (χ0) is 12.7. The van der Waals surface area contributed by atoms with Crippen LogP contribution >= 0.6 is 28.1 Å². The molecule has 0 radical (unpaired) electrons. The molecule has 3 aromatic rings. The van der Waals surface area contributed by atoms with Crippen molar-refractivity contribution in [3.05, 3.63) is 51.6 Å². The van der Waals surface area contributed by atoms with Crippen molar-refractivity contribution >= 4 is 39.3 Å². The predicted octanol–water partition coefficient (Wildman–Crippen LogP) is 3.98. The number of pyridine rings is 1. The van der Waals surface area contributed by atoms with E-state index in [9.17, 15) is 4.39 Å². The average Bonchev–Trinajstić information content (AvgIpc) is 2.65. The van der Waals surface area contributed by atoms with Gasteiger partial charge in [0.2, 0.25) is 0 Å². The van der Waals surface area contributed by atoms with Crippen LogP contribution in [0.3, 0.4) is 0 Å². The molecule has 2 heterocycles. The summed E-state index contributed by atoms with van der Waals surface area (Å²) in [5.74, 6) is -0.334. The summed E-state index contributed by atoms with van der Waals surface area (Å²) in [4.78, 5) is 7.28. The summed E-state index contributed by atoms with van der Waals surface area (Å²) < 4.78 is 16.7. The minimum atomic E-state index is -0.334. The maximum absolute atomic E-state index is 13.8. The third-order valence-corrected chi connectivity index (χ3v) is 3.30. The van der Waals surface area contributed by atoms with E-state index in [0.717, 1.165) is 9.99 Å². The molecule has 18 heavy (non-hydrogen) atoms. The van der Waals surface area contributed by atoms with Gasteiger partial charge in [-0.2, -0.15) is 0 Å². The fourth-order valence-electron chi connectivity index (χ4n) is 1.83. The Morgan fingerprint density at radius 1 is 1.33 bits per heavy atom. The molecule has 6 heteroatoms. The molecular weight excluding hydrogens is 317 g/mol. The summed E-state index contributed by atoms with van der Waals surface area (Å²) in [6.07, 6.45) is 1.66. The molecule has 0 fully saturated rings. The monoisotopic (exact) mass is 323 g/mol. The molecule has 3 nitrogen and oxygen atoms in total. The van der Waals surface area contributed by atoms with Gasteiger partial charge >= 0.3 is 0 Å². The molecule has 1 aromatic carbocycles. The first-order chi connectivity index (χ1) is 8.66. The highest BCUT2D eigenvalue weighted by molar-refractivity contribution is 9.10. The fourth-order valence-corrected chi connectivity index (χ4v) is 2.45. The van der Waals surface area contributed by atoms with Crippen LogP contribution in [0.25, 0.3) is 16.9 Å². The Bertz CT molecular complexity index is 793. The van der Waals surface area contributed by atoms with E-state index in [0.29, 0.717) is 16.1 Å². The number of H-pyrrole nitrogens is 1. The average molecular weight is 324 g/mol. The maximum atomic E-state index is 13.8. The maximum Gasteiger partial charge on any atom is 0.184 e. The molecule has 90 valence electrons. The van der Waals surface area contributed by atoms with Crippen molar-refractivity contribution in [2.75, 3.05) is 0 Å². The van der Waals surface area contributed by atoms with Gasteiger partial charge in [0, 0.05) is 10.7 Å². The van der Waals surface area contributed by atoms with Gasteiger partial charge in [0.1, 0.15) is 5.82 Å². The molecule has 0 amide bonds. The third kappa shape index (κ3) is 1.77. The van der Waals surface area contributed by atoms with E-state index in [-0.39, 0.29) is 5.82 Å². The van der Waals surface area contributed by atoms with E-state index in [1.54, 1.807) is 29.0 Å². The number of fused-ring (bicyclic) bond motifs is 1. The topological polar surface area (TPSA) is 33.6 Å². The molecule has 0 saturated heterocycles. The Labute approximate surface area is 115 Å². The molecular formula is C12H7BrFN3S. The van der Waals surface area contributed by atoms with E-state index in [2.05, 4.69) is 25.9 Å². The van der Waals surface area contributed by atoms with Gasteiger partial charge in [0.15, 0.2) is 10.4 Å². The number of hydrogen-bond donors (Lipinski definition) is 1. The smallest absolute Gasteiger partial charge is 0.184 e. The Hall–Kier alpha value is -1.53. The van der Waals surface area contributed by atoms with Crippen molar-refractivity contribution in [2.45, 2.75) is 0 Å². The third-order valence-electron chi connectivity index (χ3n) is 2.58. The van der Waals surface area contributed by atoms with Crippen molar-refractivity contribution in [1.82, 2.24) is 14.5 Å². The van der Waals surface area contributed by atoms with Crippen LogP contribution in [-0.4, -0.2) is 14.5 Å². The van der Waals surface area contributed by atoms with Crippen molar-refractivity contribution < 1.29 is 4.39 Å². The first-order valence-electron chi connectivity index (χ1n) is 5.18. The summed E-state index contributed by atoms with van der Waals surface area (Å²) in [6.45, 7) is 0. The van der Waals surface area contributed by atoms with E-state index in [1.807, 2.05) is 6.07 Å². The largest absolute Gasteiger partial charge is 0.329 e. The van der Waals surface area contributed by atoms with Gasteiger partial charge in [0.05, 0.1) is 11.2 Å². The fraction of sp³-hybridized carbons (Fsp3) is 0. The number of para-hydroxylation sites is 1. The van der Waals surface area contributed by atoms with Gasteiger partial charge in [-0.3, -0.25) is 4.57 Å². The molecule has 0 atom stereocenters. The first-order valence-corrected chi connectivity index (χ1v) is 6.38. The van der Waals surface area contributed by atoms with Crippen LogP contribution in [-0.2, 0) is 0 Å². The lowest BCUT2D eigenvalue weighted by Crippen LogP contribution is -1.98. The number of aromatic amines is 1. The highest BCUT2D eigenvalue weighted by atomic mass is 79.9. The van der Waals surface area contributed by atoms with Crippen LogP contribution in [0.15, 0.2) is 41.0 Å². The van der Waals surface area contributed by atoms with Crippen molar-refractivity contribution in [2.24, 2.45) is 0 Å². The second-order valence-electron chi connectivity index (χ2n) is 3.74. The van der Waals surface area contributed by atoms with E-state index < -0.39 is 0 Å². The summed E-state index contributed by atoms with van der Waals surface area (Å²) in [6, 6.07) is 8.32. The van der Waals surface area contributed by atoms with E-state index in [1.165, 1.54) is 6.07 Å². The van der Waals surface area contributed by atoms with E-state index >= 15 is 0 Å². The van der Waals surface area contributed by atoms with Crippen LogP contribution in [0, 0.1) is 10.6 Å². The van der Waals surface area contributed by atoms with Gasteiger partial charge in [-0.25, -0.2) is 9.37 Å². The van der Waals surface area contributed by atoms with Gasteiger partial charge in [-0.1, -0.05) is 12.1 Å². The number of rotatable bonds is 1. The number of nitrogens with one attached hydrogen (secondary N) is 1. The van der Waals surface area contributed by atoms with Crippen LogP contribution in [0.2, 0.25) is 0 Å². The second kappa shape index (κ2) is 4.29. The van der Waals surface area contributed by atoms with Gasteiger partial charge in [0.25, 0.3) is 0 Å². The molecule has 0 saturated carbocycles. The highest BCUT2D eigenvalue weighted by Gasteiger charge is 2.11. The summed E-state index contributed by atoms with van der Waals surface area (Å²) in [7, 11) is 0. The Kier molecular flexibility index (Phi) is 2.76. The number of halogens is 2.